The molecule has 11 heavy (non-hydrogen) atoms. The highest BCUT2D eigenvalue weighted by Crippen LogP contribution is 2.19. The fraction of sp³-hybridized carbons (Fsp3) is 0.889. The molecule has 1 rings (SSSR count). The van der Waals surface area contributed by atoms with Crippen molar-refractivity contribution in [3.05, 3.63) is 0 Å². The van der Waals surface area contributed by atoms with Gasteiger partial charge in [0.15, 0.2) is 0 Å². The molecular formula is C9H16O2. The first-order valence-corrected chi connectivity index (χ1v) is 4.52. The molecule has 0 spiro atoms. The van der Waals surface area contributed by atoms with E-state index in [0.29, 0.717) is 6.42 Å². The van der Waals surface area contributed by atoms with E-state index in [-0.39, 0.29) is 12.1 Å². The van der Waals surface area contributed by atoms with E-state index in [1.807, 2.05) is 0 Å². The molecule has 0 saturated carbocycles. The number of unbranched alkanes of at least 4 members (excludes halogenated alkanes) is 3. The number of hydrogen-bond acceptors (Lipinski definition) is 2. The topological polar surface area (TPSA) is 26.3 Å². The van der Waals surface area contributed by atoms with Crippen molar-refractivity contribution in [3.8, 4) is 0 Å². The maximum atomic E-state index is 10.4. The molecule has 0 aromatic carbocycles. The molecule has 0 aromatic heterocycles. The van der Waals surface area contributed by atoms with Gasteiger partial charge < -0.3 is 4.74 Å². The van der Waals surface area contributed by atoms with Crippen molar-refractivity contribution in [2.45, 2.75) is 51.6 Å². The van der Waals surface area contributed by atoms with Gasteiger partial charge in [-0.3, -0.25) is 4.79 Å². The molecule has 64 valence electrons. The molecule has 0 bridgehead atoms. The van der Waals surface area contributed by atoms with Gasteiger partial charge in [0.2, 0.25) is 0 Å². The normalized spacial score (nSPS) is 22.6. The Morgan fingerprint density at radius 2 is 2.18 bits per heavy atom. The predicted molar refractivity (Wildman–Crippen MR) is 43.3 cm³/mol. The minimum absolute atomic E-state index is 0.0227. The Kier molecular flexibility index (Phi) is 3.40. The first kappa shape index (κ1) is 8.57. The maximum Gasteiger partial charge on any atom is 0.309 e. The van der Waals surface area contributed by atoms with Crippen molar-refractivity contribution < 1.29 is 9.53 Å². The second kappa shape index (κ2) is 4.37. The summed E-state index contributed by atoms with van der Waals surface area (Å²) in [4.78, 5) is 10.4. The Morgan fingerprint density at radius 1 is 1.45 bits per heavy atom. The summed E-state index contributed by atoms with van der Waals surface area (Å²) in [5.41, 5.74) is 0. The largest absolute Gasteiger partial charge is 0.462 e. The van der Waals surface area contributed by atoms with Crippen molar-refractivity contribution in [2.75, 3.05) is 0 Å². The predicted octanol–water partition coefficient (Wildman–Crippen LogP) is 2.27. The van der Waals surface area contributed by atoms with E-state index in [0.717, 1.165) is 6.42 Å². The van der Waals surface area contributed by atoms with Crippen LogP contribution in [0.25, 0.3) is 0 Å². The molecule has 1 atom stereocenters. The van der Waals surface area contributed by atoms with Gasteiger partial charge in [0, 0.05) is 0 Å². The van der Waals surface area contributed by atoms with Crippen LogP contribution < -0.4 is 0 Å². The number of carbonyl (C=O) groups is 1. The third-order valence-corrected chi connectivity index (χ3v) is 2.07. The summed E-state index contributed by atoms with van der Waals surface area (Å²) in [6, 6.07) is 0. The molecule has 0 unspecified atom stereocenters. The average molecular weight is 156 g/mol. The number of ether oxygens (including phenoxy) is 1. The lowest BCUT2D eigenvalue weighted by molar-refractivity contribution is -0.169. The molecule has 1 heterocycles. The van der Waals surface area contributed by atoms with E-state index in [1.165, 1.54) is 25.7 Å². The SMILES string of the molecule is CCCCCC[C@H]1CC(=O)O1. The first-order valence-electron chi connectivity index (χ1n) is 4.52. The summed E-state index contributed by atoms with van der Waals surface area (Å²) in [5, 5.41) is 0. The van der Waals surface area contributed by atoms with Gasteiger partial charge in [-0.05, 0) is 12.8 Å². The summed E-state index contributed by atoms with van der Waals surface area (Å²) in [7, 11) is 0. The van der Waals surface area contributed by atoms with Crippen LogP contribution >= 0.6 is 0 Å². The highest BCUT2D eigenvalue weighted by molar-refractivity contribution is 5.75. The van der Waals surface area contributed by atoms with Crippen LogP contribution in [0.5, 0.6) is 0 Å². The van der Waals surface area contributed by atoms with Crippen LogP contribution in [0.15, 0.2) is 0 Å². The smallest absolute Gasteiger partial charge is 0.309 e. The average Bonchev–Trinajstić information content (AvgIpc) is 1.94. The monoisotopic (exact) mass is 156 g/mol. The number of hydrogen-bond donors (Lipinski definition) is 0. The van der Waals surface area contributed by atoms with Crippen molar-refractivity contribution in [1.82, 2.24) is 0 Å². The summed E-state index contributed by atoms with van der Waals surface area (Å²) < 4.78 is 4.88. The summed E-state index contributed by atoms with van der Waals surface area (Å²) in [5.74, 6) is -0.0227. The van der Waals surface area contributed by atoms with E-state index >= 15 is 0 Å². The Morgan fingerprint density at radius 3 is 2.73 bits per heavy atom. The minimum Gasteiger partial charge on any atom is -0.462 e. The van der Waals surface area contributed by atoms with Crippen molar-refractivity contribution in [1.29, 1.82) is 0 Å². The second-order valence-electron chi connectivity index (χ2n) is 3.17. The van der Waals surface area contributed by atoms with Crippen LogP contribution in [-0.2, 0) is 9.53 Å². The van der Waals surface area contributed by atoms with Crippen LogP contribution in [0.3, 0.4) is 0 Å². The van der Waals surface area contributed by atoms with E-state index < -0.39 is 0 Å². The molecule has 0 aliphatic carbocycles. The van der Waals surface area contributed by atoms with Gasteiger partial charge in [0.1, 0.15) is 6.10 Å². The molecule has 0 amide bonds. The third kappa shape index (κ3) is 2.91. The zero-order valence-electron chi connectivity index (χ0n) is 7.14. The molecule has 1 fully saturated rings. The van der Waals surface area contributed by atoms with Crippen molar-refractivity contribution in [3.63, 3.8) is 0 Å². The molecule has 2 nitrogen and oxygen atoms in total. The zero-order valence-corrected chi connectivity index (χ0v) is 7.14. The second-order valence-corrected chi connectivity index (χ2v) is 3.17. The molecule has 0 aromatic rings. The Labute approximate surface area is 67.9 Å². The van der Waals surface area contributed by atoms with E-state index in [1.54, 1.807) is 0 Å². The molecular weight excluding hydrogens is 140 g/mol. The number of carbonyl (C=O) groups excluding carboxylic acids is 1. The fourth-order valence-electron chi connectivity index (χ4n) is 1.32. The van der Waals surface area contributed by atoms with Crippen LogP contribution in [-0.4, -0.2) is 12.1 Å². The summed E-state index contributed by atoms with van der Waals surface area (Å²) in [6.07, 6.45) is 7.07. The van der Waals surface area contributed by atoms with E-state index in [4.69, 9.17) is 4.74 Å². The summed E-state index contributed by atoms with van der Waals surface area (Å²) in [6.45, 7) is 2.20. The lowest BCUT2D eigenvalue weighted by Crippen LogP contribution is -2.32. The Bertz CT molecular complexity index is 124. The molecule has 0 radical (unpaired) electrons. The molecule has 2 heteroatoms. The standard InChI is InChI=1S/C9H16O2/c1-2-3-4-5-6-8-7-9(10)11-8/h8H,2-7H2,1H3/t8-/m0/s1. The van der Waals surface area contributed by atoms with Crippen LogP contribution in [0.1, 0.15) is 45.4 Å². The maximum absolute atomic E-state index is 10.4. The van der Waals surface area contributed by atoms with Gasteiger partial charge in [-0.25, -0.2) is 0 Å². The van der Waals surface area contributed by atoms with Crippen LogP contribution in [0.4, 0.5) is 0 Å². The lowest BCUT2D eigenvalue weighted by atomic mass is 10.0. The molecule has 1 aliphatic heterocycles. The minimum atomic E-state index is -0.0227. The van der Waals surface area contributed by atoms with Crippen LogP contribution in [0.2, 0.25) is 0 Å². The van der Waals surface area contributed by atoms with Gasteiger partial charge in [-0.1, -0.05) is 26.2 Å². The highest BCUT2D eigenvalue weighted by atomic mass is 16.6. The molecule has 1 saturated heterocycles. The van der Waals surface area contributed by atoms with E-state index in [2.05, 4.69) is 6.92 Å². The Balaban J connectivity index is 1.85. The number of cyclic esters (lactones) is 1. The summed E-state index contributed by atoms with van der Waals surface area (Å²) >= 11 is 0. The quantitative estimate of drug-likeness (QED) is 0.451. The number of esters is 1. The van der Waals surface area contributed by atoms with Crippen LogP contribution in [0, 0.1) is 0 Å². The van der Waals surface area contributed by atoms with Crippen molar-refractivity contribution >= 4 is 5.97 Å². The lowest BCUT2D eigenvalue weighted by Gasteiger charge is -2.25. The van der Waals surface area contributed by atoms with Gasteiger partial charge in [0.25, 0.3) is 0 Å². The van der Waals surface area contributed by atoms with Gasteiger partial charge in [0.05, 0.1) is 6.42 Å². The van der Waals surface area contributed by atoms with E-state index in [9.17, 15) is 4.79 Å². The Hall–Kier alpha value is -0.530. The van der Waals surface area contributed by atoms with Gasteiger partial charge in [-0.15, -0.1) is 0 Å². The molecule has 0 N–H and O–H groups in total. The fourth-order valence-corrected chi connectivity index (χ4v) is 1.32. The number of rotatable bonds is 5. The third-order valence-electron chi connectivity index (χ3n) is 2.07. The zero-order chi connectivity index (χ0) is 8.10. The highest BCUT2D eigenvalue weighted by Gasteiger charge is 2.27. The first-order chi connectivity index (χ1) is 5.33. The van der Waals surface area contributed by atoms with Crippen molar-refractivity contribution in [2.24, 2.45) is 0 Å². The van der Waals surface area contributed by atoms with Gasteiger partial charge in [-0.2, -0.15) is 0 Å². The molecule has 1 aliphatic rings. The van der Waals surface area contributed by atoms with Gasteiger partial charge >= 0.3 is 5.97 Å².